The number of hydrazone groups is 1. The van der Waals surface area contributed by atoms with Crippen LogP contribution in [0.5, 0.6) is 0 Å². The van der Waals surface area contributed by atoms with Gasteiger partial charge in [0.2, 0.25) is 0 Å². The highest BCUT2D eigenvalue weighted by Crippen LogP contribution is 2.23. The van der Waals surface area contributed by atoms with E-state index < -0.39 is 5.91 Å². The van der Waals surface area contributed by atoms with E-state index in [4.69, 9.17) is 4.42 Å². The lowest BCUT2D eigenvalue weighted by atomic mass is 10.1. The second kappa shape index (κ2) is 7.65. The van der Waals surface area contributed by atoms with E-state index in [9.17, 15) is 4.79 Å². The second-order valence-electron chi connectivity index (χ2n) is 6.83. The van der Waals surface area contributed by atoms with Crippen molar-refractivity contribution in [2.75, 3.05) is 0 Å². The molecule has 5 rings (SSSR count). The van der Waals surface area contributed by atoms with Gasteiger partial charge in [-0.25, -0.2) is 5.43 Å². The van der Waals surface area contributed by atoms with E-state index in [2.05, 4.69) is 56.8 Å². The minimum Gasteiger partial charge on any atom is -0.451 e. The first-order valence-electron chi connectivity index (χ1n) is 9.36. The number of nitrogens with zero attached hydrogens (tertiary/aromatic N) is 2. The third-order valence-corrected chi connectivity index (χ3v) is 5.35. The number of hydrogen-bond acceptors (Lipinski definition) is 3. The quantitative estimate of drug-likeness (QED) is 0.269. The van der Waals surface area contributed by atoms with Crippen LogP contribution in [0, 0.1) is 0 Å². The van der Waals surface area contributed by atoms with E-state index in [0.717, 1.165) is 26.6 Å². The van der Waals surface area contributed by atoms with Gasteiger partial charge < -0.3 is 8.98 Å². The molecule has 3 aromatic carbocycles. The highest BCUT2D eigenvalue weighted by atomic mass is 79.9. The molecule has 0 radical (unpaired) electrons. The summed E-state index contributed by atoms with van der Waals surface area (Å²) in [4.78, 5) is 12.4. The summed E-state index contributed by atoms with van der Waals surface area (Å²) in [5.74, 6) is -0.187. The molecule has 1 amide bonds. The van der Waals surface area contributed by atoms with Crippen LogP contribution in [0.1, 0.15) is 16.2 Å². The standard InChI is InChI=1S/C24H16BrN3O2/c25-19-8-10-22-18(12-19)14-23(30-22)24(29)27-26-15-21-6-3-11-28(21)20-9-7-16-4-1-2-5-17(16)13-20/h1-15H,(H,27,29)/b26-15-. The van der Waals surface area contributed by atoms with Crippen LogP contribution in [-0.4, -0.2) is 16.7 Å². The van der Waals surface area contributed by atoms with Crippen molar-refractivity contribution in [3.63, 3.8) is 0 Å². The summed E-state index contributed by atoms with van der Waals surface area (Å²) in [6, 6.07) is 25.6. The summed E-state index contributed by atoms with van der Waals surface area (Å²) in [7, 11) is 0. The Kier molecular flexibility index (Phi) is 4.69. The largest absolute Gasteiger partial charge is 0.451 e. The molecule has 2 heterocycles. The van der Waals surface area contributed by atoms with Gasteiger partial charge in [0, 0.05) is 21.7 Å². The molecule has 5 nitrogen and oxygen atoms in total. The highest BCUT2D eigenvalue weighted by Gasteiger charge is 2.12. The fourth-order valence-corrected chi connectivity index (χ4v) is 3.78. The first kappa shape index (κ1) is 18.4. The Morgan fingerprint density at radius 1 is 0.933 bits per heavy atom. The number of furan rings is 1. The fraction of sp³-hybridized carbons (Fsp3) is 0. The predicted octanol–water partition coefficient (Wildman–Crippen LogP) is 5.90. The summed E-state index contributed by atoms with van der Waals surface area (Å²) < 4.78 is 8.54. The Hall–Kier alpha value is -3.64. The van der Waals surface area contributed by atoms with Gasteiger partial charge in [-0.3, -0.25) is 4.79 Å². The molecule has 0 saturated heterocycles. The molecule has 0 bridgehead atoms. The number of carbonyl (C=O) groups is 1. The maximum absolute atomic E-state index is 12.4. The van der Waals surface area contributed by atoms with Gasteiger partial charge in [-0.15, -0.1) is 0 Å². The van der Waals surface area contributed by atoms with Crippen LogP contribution < -0.4 is 5.43 Å². The molecule has 0 aliphatic heterocycles. The predicted molar refractivity (Wildman–Crippen MR) is 122 cm³/mol. The van der Waals surface area contributed by atoms with E-state index >= 15 is 0 Å². The van der Waals surface area contributed by atoms with E-state index in [-0.39, 0.29) is 5.76 Å². The Balaban J connectivity index is 1.35. The van der Waals surface area contributed by atoms with Crippen molar-refractivity contribution >= 4 is 49.8 Å². The van der Waals surface area contributed by atoms with Gasteiger partial charge in [0.05, 0.1) is 11.9 Å². The van der Waals surface area contributed by atoms with Crippen LogP contribution in [0.15, 0.2) is 99.1 Å². The lowest BCUT2D eigenvalue weighted by Gasteiger charge is -2.08. The Morgan fingerprint density at radius 2 is 1.80 bits per heavy atom. The average molecular weight is 458 g/mol. The summed E-state index contributed by atoms with van der Waals surface area (Å²) in [6.07, 6.45) is 3.58. The number of fused-ring (bicyclic) bond motifs is 2. The van der Waals surface area contributed by atoms with Gasteiger partial charge in [0.1, 0.15) is 5.58 Å². The average Bonchev–Trinajstić information content (AvgIpc) is 3.40. The molecule has 0 saturated carbocycles. The number of aromatic nitrogens is 1. The first-order valence-corrected chi connectivity index (χ1v) is 10.2. The zero-order valence-corrected chi connectivity index (χ0v) is 17.3. The zero-order valence-electron chi connectivity index (χ0n) is 15.7. The van der Waals surface area contributed by atoms with Crippen molar-refractivity contribution in [3.05, 3.63) is 101 Å². The van der Waals surface area contributed by atoms with Gasteiger partial charge >= 0.3 is 5.91 Å². The van der Waals surface area contributed by atoms with E-state index in [1.165, 1.54) is 5.39 Å². The molecule has 30 heavy (non-hydrogen) atoms. The van der Waals surface area contributed by atoms with Crippen LogP contribution in [0.3, 0.4) is 0 Å². The number of benzene rings is 3. The van der Waals surface area contributed by atoms with Crippen LogP contribution >= 0.6 is 15.9 Å². The third kappa shape index (κ3) is 3.53. The minimum atomic E-state index is -0.401. The highest BCUT2D eigenvalue weighted by molar-refractivity contribution is 9.10. The summed E-state index contributed by atoms with van der Waals surface area (Å²) >= 11 is 3.41. The van der Waals surface area contributed by atoms with E-state index in [1.54, 1.807) is 12.3 Å². The third-order valence-electron chi connectivity index (χ3n) is 4.86. The molecule has 0 aliphatic carbocycles. The Bertz CT molecular complexity index is 1410. The lowest BCUT2D eigenvalue weighted by Crippen LogP contribution is -2.17. The molecule has 0 aliphatic rings. The normalized spacial score (nSPS) is 11.5. The molecule has 1 N–H and O–H groups in total. The number of hydrogen-bond donors (Lipinski definition) is 1. The molecular weight excluding hydrogens is 442 g/mol. The van der Waals surface area contributed by atoms with Gasteiger partial charge in [-0.2, -0.15) is 5.10 Å². The molecule has 5 aromatic rings. The summed E-state index contributed by atoms with van der Waals surface area (Å²) in [6.45, 7) is 0. The van der Waals surface area contributed by atoms with Crippen molar-refractivity contribution in [1.29, 1.82) is 0 Å². The topological polar surface area (TPSA) is 59.5 Å². The molecule has 146 valence electrons. The van der Waals surface area contributed by atoms with Crippen molar-refractivity contribution in [2.45, 2.75) is 0 Å². The SMILES string of the molecule is O=C(N/N=C\c1cccn1-c1ccc2ccccc2c1)c1cc2cc(Br)ccc2o1. The van der Waals surface area contributed by atoms with E-state index in [1.807, 2.05) is 53.2 Å². The number of rotatable bonds is 4. The number of carbonyl (C=O) groups excluding carboxylic acids is 1. The van der Waals surface area contributed by atoms with Crippen molar-refractivity contribution in [1.82, 2.24) is 9.99 Å². The molecule has 0 fully saturated rings. The Labute approximate surface area is 180 Å². The van der Waals surface area contributed by atoms with Crippen molar-refractivity contribution < 1.29 is 9.21 Å². The molecule has 6 heteroatoms. The maximum atomic E-state index is 12.4. The first-order chi connectivity index (χ1) is 14.7. The molecule has 0 spiro atoms. The molecule has 0 atom stereocenters. The maximum Gasteiger partial charge on any atom is 0.307 e. The zero-order chi connectivity index (χ0) is 20.5. The summed E-state index contributed by atoms with van der Waals surface area (Å²) in [5.41, 5.74) is 5.05. The molecule has 0 unspecified atom stereocenters. The van der Waals surface area contributed by atoms with Crippen LogP contribution in [0.2, 0.25) is 0 Å². The van der Waals surface area contributed by atoms with Crippen LogP contribution in [0.25, 0.3) is 27.4 Å². The minimum absolute atomic E-state index is 0.213. The fourth-order valence-electron chi connectivity index (χ4n) is 3.40. The van der Waals surface area contributed by atoms with Gasteiger partial charge in [0.15, 0.2) is 5.76 Å². The van der Waals surface area contributed by atoms with Gasteiger partial charge in [-0.05, 0) is 59.3 Å². The van der Waals surface area contributed by atoms with Crippen molar-refractivity contribution in [3.8, 4) is 5.69 Å². The van der Waals surface area contributed by atoms with Gasteiger partial charge in [0.25, 0.3) is 0 Å². The van der Waals surface area contributed by atoms with Crippen LogP contribution in [0.4, 0.5) is 0 Å². The number of halogens is 1. The van der Waals surface area contributed by atoms with Crippen molar-refractivity contribution in [2.24, 2.45) is 5.10 Å². The van der Waals surface area contributed by atoms with E-state index in [0.29, 0.717) is 5.58 Å². The molecule has 2 aromatic heterocycles. The Morgan fingerprint density at radius 3 is 2.70 bits per heavy atom. The smallest absolute Gasteiger partial charge is 0.307 e. The monoisotopic (exact) mass is 457 g/mol. The number of nitrogens with one attached hydrogen (secondary N) is 1. The lowest BCUT2D eigenvalue weighted by molar-refractivity contribution is 0.0929. The molecular formula is C24H16BrN3O2. The van der Waals surface area contributed by atoms with Gasteiger partial charge in [-0.1, -0.05) is 46.3 Å². The second-order valence-corrected chi connectivity index (χ2v) is 7.74. The summed E-state index contributed by atoms with van der Waals surface area (Å²) in [5, 5.41) is 7.31. The van der Waals surface area contributed by atoms with Crippen LogP contribution in [-0.2, 0) is 0 Å². The number of amides is 1.